The zero-order valence-electron chi connectivity index (χ0n) is 13.8. The molecule has 1 saturated heterocycles. The van der Waals surface area contributed by atoms with Gasteiger partial charge in [-0.1, -0.05) is 18.2 Å². The van der Waals surface area contributed by atoms with Crippen LogP contribution in [0.3, 0.4) is 0 Å². The second-order valence-corrected chi connectivity index (χ2v) is 6.31. The Bertz CT molecular complexity index is 787. The number of nitrogens with zero attached hydrogens (tertiary/aromatic N) is 5. The van der Waals surface area contributed by atoms with E-state index in [0.29, 0.717) is 24.2 Å². The topological polar surface area (TPSA) is 60.0 Å². The van der Waals surface area contributed by atoms with E-state index < -0.39 is 0 Å². The molecule has 0 saturated carbocycles. The molecule has 0 unspecified atom stereocenters. The first kappa shape index (κ1) is 15.1. The molecule has 0 spiro atoms. The number of imidazole rings is 1. The van der Waals surface area contributed by atoms with E-state index in [4.69, 9.17) is 4.42 Å². The van der Waals surface area contributed by atoms with Crippen molar-refractivity contribution in [3.63, 3.8) is 0 Å². The number of aryl methyl sites for hydroxylation is 1. The Hall–Kier alpha value is -2.47. The lowest BCUT2D eigenvalue weighted by molar-refractivity contribution is 0.184. The van der Waals surface area contributed by atoms with Gasteiger partial charge < -0.3 is 8.98 Å². The molecule has 2 aromatic heterocycles. The summed E-state index contributed by atoms with van der Waals surface area (Å²) in [7, 11) is 2.07. The SMILES string of the molecule is Cn1ccnc1C1CCN(Cc2nnc(-c3ccccc3)o2)CC1. The summed E-state index contributed by atoms with van der Waals surface area (Å²) in [6.07, 6.45) is 6.13. The van der Waals surface area contributed by atoms with E-state index in [1.54, 1.807) is 0 Å². The van der Waals surface area contributed by atoms with E-state index in [9.17, 15) is 0 Å². The summed E-state index contributed by atoms with van der Waals surface area (Å²) in [5.41, 5.74) is 0.963. The highest BCUT2D eigenvalue weighted by Gasteiger charge is 2.24. The van der Waals surface area contributed by atoms with Crippen LogP contribution in [-0.2, 0) is 13.6 Å². The molecular weight excluding hydrogens is 302 g/mol. The zero-order chi connectivity index (χ0) is 16.4. The lowest BCUT2D eigenvalue weighted by Gasteiger charge is -2.30. The van der Waals surface area contributed by atoms with Crippen LogP contribution in [0, 0.1) is 0 Å². The van der Waals surface area contributed by atoms with Gasteiger partial charge in [-0.25, -0.2) is 4.98 Å². The minimum absolute atomic E-state index is 0.545. The molecule has 124 valence electrons. The molecule has 6 heteroatoms. The predicted octanol–water partition coefficient (Wildman–Crippen LogP) is 2.85. The van der Waals surface area contributed by atoms with Crippen LogP contribution in [0.4, 0.5) is 0 Å². The van der Waals surface area contributed by atoms with E-state index in [2.05, 4.69) is 31.7 Å². The Balaban J connectivity index is 1.36. The highest BCUT2D eigenvalue weighted by atomic mass is 16.4. The molecule has 3 heterocycles. The standard InChI is InChI=1S/C18H21N5O/c1-22-12-9-19-17(22)14-7-10-23(11-8-14)13-16-20-21-18(24-16)15-5-3-2-4-6-15/h2-6,9,12,14H,7-8,10-11,13H2,1H3. The fourth-order valence-corrected chi connectivity index (χ4v) is 3.33. The van der Waals surface area contributed by atoms with Crippen LogP contribution in [0.5, 0.6) is 0 Å². The summed E-state index contributed by atoms with van der Waals surface area (Å²) in [5, 5.41) is 8.36. The second-order valence-electron chi connectivity index (χ2n) is 6.31. The normalized spacial score (nSPS) is 16.5. The number of aromatic nitrogens is 4. The van der Waals surface area contributed by atoms with Crippen molar-refractivity contribution in [1.29, 1.82) is 0 Å². The van der Waals surface area contributed by atoms with Crippen LogP contribution in [0.2, 0.25) is 0 Å². The molecule has 1 aromatic carbocycles. The van der Waals surface area contributed by atoms with Crippen LogP contribution >= 0.6 is 0 Å². The minimum atomic E-state index is 0.545. The Morgan fingerprint density at radius 1 is 1.12 bits per heavy atom. The molecule has 4 rings (SSSR count). The molecule has 1 aliphatic heterocycles. The third-order valence-electron chi connectivity index (χ3n) is 4.66. The van der Waals surface area contributed by atoms with E-state index in [1.807, 2.05) is 42.7 Å². The van der Waals surface area contributed by atoms with E-state index in [-0.39, 0.29) is 0 Å². The Labute approximate surface area is 141 Å². The molecule has 0 radical (unpaired) electrons. The largest absolute Gasteiger partial charge is 0.419 e. The van der Waals surface area contributed by atoms with Crippen molar-refractivity contribution in [2.24, 2.45) is 7.05 Å². The van der Waals surface area contributed by atoms with Gasteiger partial charge in [-0.05, 0) is 38.1 Å². The van der Waals surface area contributed by atoms with Crippen molar-refractivity contribution < 1.29 is 4.42 Å². The van der Waals surface area contributed by atoms with Gasteiger partial charge >= 0.3 is 0 Å². The van der Waals surface area contributed by atoms with Gasteiger partial charge in [-0.15, -0.1) is 10.2 Å². The van der Waals surface area contributed by atoms with Crippen LogP contribution in [0.15, 0.2) is 47.1 Å². The number of likely N-dealkylation sites (tertiary alicyclic amines) is 1. The summed E-state index contributed by atoms with van der Waals surface area (Å²) in [6.45, 7) is 2.77. The van der Waals surface area contributed by atoms with Crippen molar-refractivity contribution >= 4 is 0 Å². The quantitative estimate of drug-likeness (QED) is 0.739. The lowest BCUT2D eigenvalue weighted by atomic mass is 9.96. The molecule has 24 heavy (non-hydrogen) atoms. The Kier molecular flexibility index (Phi) is 4.13. The maximum absolute atomic E-state index is 5.81. The van der Waals surface area contributed by atoms with E-state index >= 15 is 0 Å². The summed E-state index contributed by atoms with van der Waals surface area (Å²) >= 11 is 0. The first-order valence-corrected chi connectivity index (χ1v) is 8.37. The van der Waals surface area contributed by atoms with Crippen LogP contribution in [0.1, 0.15) is 30.5 Å². The molecular formula is C18H21N5O. The molecule has 0 aliphatic carbocycles. The highest BCUT2D eigenvalue weighted by molar-refractivity contribution is 5.51. The molecule has 6 nitrogen and oxygen atoms in total. The van der Waals surface area contributed by atoms with Crippen molar-refractivity contribution in [3.8, 4) is 11.5 Å². The van der Waals surface area contributed by atoms with Gasteiger partial charge in [0.05, 0.1) is 6.54 Å². The molecule has 0 bridgehead atoms. The monoisotopic (exact) mass is 323 g/mol. The average Bonchev–Trinajstić information content (AvgIpc) is 3.26. The molecule has 1 aliphatic rings. The second kappa shape index (κ2) is 6.57. The number of hydrogen-bond donors (Lipinski definition) is 0. The van der Waals surface area contributed by atoms with Crippen molar-refractivity contribution in [1.82, 2.24) is 24.6 Å². The number of benzene rings is 1. The smallest absolute Gasteiger partial charge is 0.247 e. The third-order valence-corrected chi connectivity index (χ3v) is 4.66. The highest BCUT2D eigenvalue weighted by Crippen LogP contribution is 2.27. The number of piperidine rings is 1. The van der Waals surface area contributed by atoms with E-state index in [1.165, 1.54) is 5.82 Å². The summed E-state index contributed by atoms with van der Waals surface area (Å²) in [4.78, 5) is 6.87. The molecule has 0 N–H and O–H groups in total. The van der Waals surface area contributed by atoms with Crippen molar-refractivity contribution in [2.75, 3.05) is 13.1 Å². The zero-order valence-corrected chi connectivity index (χ0v) is 13.8. The molecule has 1 fully saturated rings. The summed E-state index contributed by atoms with van der Waals surface area (Å²) in [5.74, 6) is 3.01. The van der Waals surface area contributed by atoms with Gasteiger partial charge in [0, 0.05) is 30.9 Å². The first-order valence-electron chi connectivity index (χ1n) is 8.37. The fourth-order valence-electron chi connectivity index (χ4n) is 3.33. The van der Waals surface area contributed by atoms with Gasteiger partial charge in [-0.3, -0.25) is 4.90 Å². The summed E-state index contributed by atoms with van der Waals surface area (Å²) in [6, 6.07) is 9.89. The fraction of sp³-hybridized carbons (Fsp3) is 0.389. The van der Waals surface area contributed by atoms with Crippen molar-refractivity contribution in [2.45, 2.75) is 25.3 Å². The Morgan fingerprint density at radius 3 is 2.62 bits per heavy atom. The average molecular weight is 323 g/mol. The van der Waals surface area contributed by atoms with Gasteiger partial charge in [0.2, 0.25) is 11.8 Å². The van der Waals surface area contributed by atoms with Crippen LogP contribution < -0.4 is 0 Å². The predicted molar refractivity (Wildman–Crippen MR) is 90.2 cm³/mol. The molecule has 0 atom stereocenters. The van der Waals surface area contributed by atoms with Gasteiger partial charge in [0.15, 0.2) is 0 Å². The molecule has 0 amide bonds. The maximum Gasteiger partial charge on any atom is 0.247 e. The van der Waals surface area contributed by atoms with Crippen molar-refractivity contribution in [3.05, 3.63) is 54.4 Å². The van der Waals surface area contributed by atoms with Crippen LogP contribution in [-0.4, -0.2) is 37.7 Å². The van der Waals surface area contributed by atoms with Gasteiger partial charge in [0.1, 0.15) is 5.82 Å². The summed E-state index contributed by atoms with van der Waals surface area (Å²) < 4.78 is 7.94. The number of hydrogen-bond acceptors (Lipinski definition) is 5. The Morgan fingerprint density at radius 2 is 1.92 bits per heavy atom. The van der Waals surface area contributed by atoms with E-state index in [0.717, 1.165) is 31.5 Å². The van der Waals surface area contributed by atoms with Gasteiger partial charge in [-0.2, -0.15) is 0 Å². The molecule has 3 aromatic rings. The minimum Gasteiger partial charge on any atom is -0.419 e. The lowest BCUT2D eigenvalue weighted by Crippen LogP contribution is -2.33. The first-order chi connectivity index (χ1) is 11.8. The van der Waals surface area contributed by atoms with Gasteiger partial charge in [0.25, 0.3) is 0 Å². The third kappa shape index (κ3) is 3.10. The number of rotatable bonds is 4. The van der Waals surface area contributed by atoms with Crippen LogP contribution in [0.25, 0.3) is 11.5 Å². The maximum atomic E-state index is 5.81.